The van der Waals surface area contributed by atoms with Crippen LogP contribution in [0.2, 0.25) is 0 Å². The summed E-state index contributed by atoms with van der Waals surface area (Å²) in [7, 11) is 0. The van der Waals surface area contributed by atoms with Crippen molar-refractivity contribution in [3.63, 3.8) is 0 Å². The van der Waals surface area contributed by atoms with Crippen molar-refractivity contribution in [2.24, 2.45) is 0 Å². The highest BCUT2D eigenvalue weighted by Gasteiger charge is 2.23. The van der Waals surface area contributed by atoms with Crippen LogP contribution in [-0.2, 0) is 4.74 Å². The molecule has 0 unspecified atom stereocenters. The van der Waals surface area contributed by atoms with Gasteiger partial charge in [0, 0.05) is 10.1 Å². The molecule has 0 radical (unpaired) electrons. The molecule has 0 aliphatic rings. The fourth-order valence-electron chi connectivity index (χ4n) is 2.38. The lowest BCUT2D eigenvalue weighted by Crippen LogP contribution is -2.11. The first-order valence-electron chi connectivity index (χ1n) is 7.57. The lowest BCUT2D eigenvalue weighted by atomic mass is 10.1. The molecule has 0 bridgehead atoms. The second kappa shape index (κ2) is 6.84. The van der Waals surface area contributed by atoms with E-state index in [1.54, 1.807) is 25.1 Å². The Balaban J connectivity index is 2.02. The average molecular weight is 340 g/mol. The molecule has 24 heavy (non-hydrogen) atoms. The van der Waals surface area contributed by atoms with Crippen molar-refractivity contribution in [1.82, 2.24) is 0 Å². The molecule has 0 aliphatic heterocycles. The number of rotatable bonds is 4. The second-order valence-electron chi connectivity index (χ2n) is 5.24. The highest BCUT2D eigenvalue weighted by molar-refractivity contribution is 7.21. The van der Waals surface area contributed by atoms with Gasteiger partial charge in [-0.2, -0.15) is 0 Å². The fourth-order valence-corrected chi connectivity index (χ4v) is 3.40. The molecular formula is C19H16O4S. The topological polar surface area (TPSA) is 52.6 Å². The number of esters is 2. The standard InChI is InChI=1S/C19H16O4S/c1-3-22-19(21)17-16(14-9-4-5-10-15(14)24-17)23-18(20)13-8-6-7-12(2)11-13/h4-11H,3H2,1-2H3. The van der Waals surface area contributed by atoms with Crippen LogP contribution in [-0.4, -0.2) is 18.5 Å². The van der Waals surface area contributed by atoms with E-state index >= 15 is 0 Å². The Morgan fingerprint density at radius 3 is 2.58 bits per heavy atom. The number of benzene rings is 2. The van der Waals surface area contributed by atoms with Crippen LogP contribution in [0.5, 0.6) is 5.75 Å². The second-order valence-corrected chi connectivity index (χ2v) is 6.29. The number of carbonyl (C=O) groups is 2. The van der Waals surface area contributed by atoms with Crippen LogP contribution < -0.4 is 4.74 Å². The molecule has 3 aromatic rings. The van der Waals surface area contributed by atoms with Gasteiger partial charge in [0.15, 0.2) is 10.6 Å². The SMILES string of the molecule is CCOC(=O)c1sc2ccccc2c1OC(=O)c1cccc(C)c1. The van der Waals surface area contributed by atoms with Gasteiger partial charge in [-0.1, -0.05) is 29.8 Å². The third-order valence-electron chi connectivity index (χ3n) is 3.46. The Hall–Kier alpha value is -2.66. The van der Waals surface area contributed by atoms with E-state index in [0.717, 1.165) is 15.6 Å². The molecule has 0 spiro atoms. The van der Waals surface area contributed by atoms with Crippen molar-refractivity contribution in [3.05, 3.63) is 64.5 Å². The van der Waals surface area contributed by atoms with E-state index in [4.69, 9.17) is 9.47 Å². The van der Waals surface area contributed by atoms with Gasteiger partial charge in [0.2, 0.25) is 0 Å². The van der Waals surface area contributed by atoms with Gasteiger partial charge in [-0.25, -0.2) is 9.59 Å². The van der Waals surface area contributed by atoms with Crippen LogP contribution in [0.1, 0.15) is 32.5 Å². The number of hydrogen-bond donors (Lipinski definition) is 0. The van der Waals surface area contributed by atoms with Gasteiger partial charge in [-0.3, -0.25) is 0 Å². The Bertz CT molecular complexity index is 911. The predicted octanol–water partition coefficient (Wildman–Crippen LogP) is 4.61. The number of aryl methyl sites for hydroxylation is 1. The maximum Gasteiger partial charge on any atom is 0.352 e. The summed E-state index contributed by atoms with van der Waals surface area (Å²) in [5.74, 6) is -0.709. The maximum atomic E-state index is 12.5. The first-order valence-corrected chi connectivity index (χ1v) is 8.39. The first kappa shape index (κ1) is 16.2. The lowest BCUT2D eigenvalue weighted by molar-refractivity contribution is 0.0527. The third kappa shape index (κ3) is 3.16. The summed E-state index contributed by atoms with van der Waals surface area (Å²) < 4.78 is 11.5. The highest BCUT2D eigenvalue weighted by atomic mass is 32.1. The summed E-state index contributed by atoms with van der Waals surface area (Å²) in [6.07, 6.45) is 0. The average Bonchev–Trinajstić information content (AvgIpc) is 2.94. The Morgan fingerprint density at radius 1 is 1.04 bits per heavy atom. The quantitative estimate of drug-likeness (QED) is 0.651. The summed E-state index contributed by atoms with van der Waals surface area (Å²) >= 11 is 1.26. The minimum atomic E-state index is -0.493. The predicted molar refractivity (Wildman–Crippen MR) is 93.9 cm³/mol. The molecule has 0 amide bonds. The number of hydrogen-bond acceptors (Lipinski definition) is 5. The van der Waals surface area contributed by atoms with Crippen LogP contribution in [0.3, 0.4) is 0 Å². The van der Waals surface area contributed by atoms with Crippen LogP contribution in [0.15, 0.2) is 48.5 Å². The molecule has 4 nitrogen and oxygen atoms in total. The zero-order valence-electron chi connectivity index (χ0n) is 13.4. The highest BCUT2D eigenvalue weighted by Crippen LogP contribution is 2.38. The molecule has 0 N–H and O–H groups in total. The summed E-state index contributed by atoms with van der Waals surface area (Å²) in [6.45, 7) is 3.91. The minimum absolute atomic E-state index is 0.262. The van der Waals surface area contributed by atoms with Crippen molar-refractivity contribution in [2.75, 3.05) is 6.61 Å². The van der Waals surface area contributed by atoms with Crippen molar-refractivity contribution < 1.29 is 19.1 Å². The van der Waals surface area contributed by atoms with Gasteiger partial charge in [0.05, 0.1) is 12.2 Å². The zero-order chi connectivity index (χ0) is 17.1. The van der Waals surface area contributed by atoms with Gasteiger partial charge in [-0.15, -0.1) is 11.3 Å². The van der Waals surface area contributed by atoms with Crippen molar-refractivity contribution in [1.29, 1.82) is 0 Å². The van der Waals surface area contributed by atoms with E-state index < -0.39 is 11.9 Å². The molecule has 0 saturated carbocycles. The summed E-state index contributed by atoms with van der Waals surface area (Å²) in [5.41, 5.74) is 1.41. The normalized spacial score (nSPS) is 10.6. The molecule has 0 atom stereocenters. The van der Waals surface area contributed by atoms with Crippen LogP contribution in [0.25, 0.3) is 10.1 Å². The van der Waals surface area contributed by atoms with E-state index in [0.29, 0.717) is 10.4 Å². The maximum absolute atomic E-state index is 12.5. The van der Waals surface area contributed by atoms with Crippen molar-refractivity contribution in [2.45, 2.75) is 13.8 Å². The number of thiophene rings is 1. The Kier molecular flexibility index (Phi) is 4.62. The van der Waals surface area contributed by atoms with Gasteiger partial charge in [0.1, 0.15) is 0 Å². The molecule has 0 saturated heterocycles. The monoisotopic (exact) mass is 340 g/mol. The number of ether oxygens (including phenoxy) is 2. The molecular weight excluding hydrogens is 324 g/mol. The van der Waals surface area contributed by atoms with Crippen molar-refractivity contribution in [3.8, 4) is 5.75 Å². The van der Waals surface area contributed by atoms with Gasteiger partial charge >= 0.3 is 11.9 Å². The van der Waals surface area contributed by atoms with Gasteiger partial charge in [0.25, 0.3) is 0 Å². The molecule has 122 valence electrons. The molecule has 0 aliphatic carbocycles. The summed E-state index contributed by atoms with van der Waals surface area (Å²) in [5, 5.41) is 0.728. The van der Waals surface area contributed by atoms with Crippen LogP contribution >= 0.6 is 11.3 Å². The summed E-state index contributed by atoms with van der Waals surface area (Å²) in [4.78, 5) is 25.0. The van der Waals surface area contributed by atoms with E-state index in [1.807, 2.05) is 37.3 Å². The third-order valence-corrected chi connectivity index (χ3v) is 4.59. The molecule has 3 rings (SSSR count). The molecule has 2 aromatic carbocycles. The zero-order valence-corrected chi connectivity index (χ0v) is 14.2. The number of fused-ring (bicyclic) bond motifs is 1. The fraction of sp³-hybridized carbons (Fsp3) is 0.158. The Labute approximate surface area is 143 Å². The van der Waals surface area contributed by atoms with E-state index in [2.05, 4.69) is 0 Å². The summed E-state index contributed by atoms with van der Waals surface area (Å²) in [6, 6.07) is 14.6. The molecule has 5 heteroatoms. The molecule has 0 fully saturated rings. The first-order chi connectivity index (χ1) is 11.6. The van der Waals surface area contributed by atoms with Gasteiger partial charge in [-0.05, 0) is 38.1 Å². The van der Waals surface area contributed by atoms with Gasteiger partial charge < -0.3 is 9.47 Å². The smallest absolute Gasteiger partial charge is 0.352 e. The van der Waals surface area contributed by atoms with Crippen molar-refractivity contribution >= 4 is 33.4 Å². The van der Waals surface area contributed by atoms with Crippen LogP contribution in [0.4, 0.5) is 0 Å². The molecule has 1 aromatic heterocycles. The van der Waals surface area contributed by atoms with E-state index in [-0.39, 0.29) is 12.4 Å². The minimum Gasteiger partial charge on any atom is -0.462 e. The Morgan fingerprint density at radius 2 is 1.83 bits per heavy atom. The number of carbonyl (C=O) groups excluding carboxylic acids is 2. The molecule has 1 heterocycles. The van der Waals surface area contributed by atoms with E-state index in [9.17, 15) is 9.59 Å². The largest absolute Gasteiger partial charge is 0.462 e. The van der Waals surface area contributed by atoms with E-state index in [1.165, 1.54) is 11.3 Å². The lowest BCUT2D eigenvalue weighted by Gasteiger charge is -2.07. The van der Waals surface area contributed by atoms with Crippen LogP contribution in [0, 0.1) is 6.92 Å².